The van der Waals surface area contributed by atoms with Gasteiger partial charge < -0.3 is 15.2 Å². The number of carbonyl (C=O) groups is 1. The van der Waals surface area contributed by atoms with E-state index in [0.717, 1.165) is 39.0 Å². The topological polar surface area (TPSA) is 65.0 Å². The Morgan fingerprint density at radius 1 is 1.40 bits per heavy atom. The highest BCUT2D eigenvalue weighted by Crippen LogP contribution is 2.29. The number of hydrogen-bond acceptors (Lipinski definition) is 5. The average molecular weight is 283 g/mol. The average Bonchev–Trinajstić information content (AvgIpc) is 2.36. The predicted octanol–water partition coefficient (Wildman–Crippen LogP) is -0.969. The maximum atomic E-state index is 11.5. The van der Waals surface area contributed by atoms with Gasteiger partial charge in [-0.3, -0.25) is 14.6 Å². The Morgan fingerprint density at radius 2 is 2.20 bits per heavy atom. The number of piperazine rings is 1. The van der Waals surface area contributed by atoms with Crippen LogP contribution in [0.4, 0.5) is 0 Å². The molecular weight excluding hydrogens is 258 g/mol. The molecule has 1 amide bonds. The number of amides is 1. The Bertz CT molecular complexity index is 362. The molecule has 20 heavy (non-hydrogen) atoms. The number of ether oxygens (including phenoxy) is 1. The fourth-order valence-corrected chi connectivity index (χ4v) is 3.65. The van der Waals surface area contributed by atoms with E-state index >= 15 is 0 Å². The lowest BCUT2D eigenvalue weighted by Crippen LogP contribution is -2.63. The van der Waals surface area contributed by atoms with Gasteiger partial charge in [-0.15, -0.1) is 0 Å². The molecule has 0 aromatic heterocycles. The van der Waals surface area contributed by atoms with Crippen LogP contribution in [0.5, 0.6) is 0 Å². The van der Waals surface area contributed by atoms with E-state index < -0.39 is 0 Å². The van der Waals surface area contributed by atoms with E-state index in [1.807, 2.05) is 0 Å². The molecule has 2 heterocycles. The summed E-state index contributed by atoms with van der Waals surface area (Å²) in [6.45, 7) is 3.51. The Morgan fingerprint density at radius 3 is 2.85 bits per heavy atom. The largest absolute Gasteiger partial charge is 0.390 e. The zero-order chi connectivity index (χ0) is 14.1. The summed E-state index contributed by atoms with van der Waals surface area (Å²) in [6, 6.07) is 0.744. The van der Waals surface area contributed by atoms with Crippen molar-refractivity contribution in [3.63, 3.8) is 0 Å². The smallest absolute Gasteiger partial charge is 0.234 e. The zero-order valence-corrected chi connectivity index (χ0v) is 12.1. The molecule has 2 saturated heterocycles. The quantitative estimate of drug-likeness (QED) is 0.698. The number of aliphatic hydroxyl groups excluding tert-OH is 1. The van der Waals surface area contributed by atoms with Crippen molar-refractivity contribution in [2.45, 2.75) is 43.5 Å². The first-order valence-electron chi connectivity index (χ1n) is 7.65. The minimum absolute atomic E-state index is 0.0753. The summed E-state index contributed by atoms with van der Waals surface area (Å²) in [4.78, 5) is 16.0. The highest BCUT2D eigenvalue weighted by atomic mass is 16.5. The summed E-state index contributed by atoms with van der Waals surface area (Å²) in [5.41, 5.74) is 0. The molecule has 6 nitrogen and oxygen atoms in total. The molecule has 3 atom stereocenters. The minimum atomic E-state index is -0.375. The Kier molecular flexibility index (Phi) is 4.26. The summed E-state index contributed by atoms with van der Waals surface area (Å²) in [5.74, 6) is 0.0753. The van der Waals surface area contributed by atoms with Crippen molar-refractivity contribution in [1.29, 1.82) is 0 Å². The van der Waals surface area contributed by atoms with Gasteiger partial charge in [0.05, 0.1) is 31.9 Å². The van der Waals surface area contributed by atoms with Crippen LogP contribution in [-0.2, 0) is 9.53 Å². The normalized spacial score (nSPS) is 36.8. The monoisotopic (exact) mass is 283 g/mol. The van der Waals surface area contributed by atoms with Crippen LogP contribution >= 0.6 is 0 Å². The van der Waals surface area contributed by atoms with E-state index in [9.17, 15) is 9.90 Å². The van der Waals surface area contributed by atoms with E-state index in [4.69, 9.17) is 4.74 Å². The second-order valence-corrected chi connectivity index (χ2v) is 6.23. The van der Waals surface area contributed by atoms with Crippen molar-refractivity contribution < 1.29 is 14.6 Å². The maximum absolute atomic E-state index is 11.5. The molecule has 0 spiro atoms. The first kappa shape index (κ1) is 14.3. The fraction of sp³-hybridized carbons (Fsp3) is 0.929. The van der Waals surface area contributed by atoms with Crippen LogP contribution < -0.4 is 5.32 Å². The molecule has 3 rings (SSSR count). The molecule has 0 bridgehead atoms. The number of nitrogens with one attached hydrogen (secondary N) is 1. The van der Waals surface area contributed by atoms with Gasteiger partial charge in [-0.1, -0.05) is 6.42 Å². The molecule has 114 valence electrons. The van der Waals surface area contributed by atoms with E-state index in [1.165, 1.54) is 0 Å². The van der Waals surface area contributed by atoms with Crippen LogP contribution in [0.15, 0.2) is 0 Å². The lowest BCUT2D eigenvalue weighted by atomic mass is 9.85. The number of likely N-dealkylation sites (N-methyl/N-ethyl adjacent to an activating group) is 1. The summed E-state index contributed by atoms with van der Waals surface area (Å²) < 4.78 is 5.25. The van der Waals surface area contributed by atoms with Gasteiger partial charge in [0.2, 0.25) is 5.91 Å². The zero-order valence-electron chi connectivity index (χ0n) is 12.1. The molecule has 3 aliphatic rings. The van der Waals surface area contributed by atoms with Crippen LogP contribution in [0.1, 0.15) is 19.3 Å². The first-order valence-corrected chi connectivity index (χ1v) is 7.65. The molecule has 3 fully saturated rings. The molecule has 0 aromatic rings. The summed E-state index contributed by atoms with van der Waals surface area (Å²) in [6.07, 6.45) is 2.76. The molecule has 1 aliphatic carbocycles. The van der Waals surface area contributed by atoms with Crippen molar-refractivity contribution in [3.8, 4) is 0 Å². The van der Waals surface area contributed by atoms with Gasteiger partial charge >= 0.3 is 0 Å². The molecule has 0 unspecified atom stereocenters. The van der Waals surface area contributed by atoms with Crippen LogP contribution in [-0.4, -0.2) is 84.9 Å². The number of rotatable bonds is 3. The van der Waals surface area contributed by atoms with Crippen molar-refractivity contribution in [2.24, 2.45) is 0 Å². The predicted molar refractivity (Wildman–Crippen MR) is 74.4 cm³/mol. The van der Waals surface area contributed by atoms with Gasteiger partial charge in [-0.2, -0.15) is 0 Å². The summed E-state index contributed by atoms with van der Waals surface area (Å²) in [5, 5.41) is 13.6. The summed E-state index contributed by atoms with van der Waals surface area (Å²) in [7, 11) is 2.09. The van der Waals surface area contributed by atoms with E-state index in [0.29, 0.717) is 19.1 Å². The maximum Gasteiger partial charge on any atom is 0.234 e. The Hall–Kier alpha value is -0.690. The lowest BCUT2D eigenvalue weighted by molar-refractivity contribution is -0.130. The molecule has 1 saturated carbocycles. The van der Waals surface area contributed by atoms with Gasteiger partial charge in [-0.25, -0.2) is 0 Å². The summed E-state index contributed by atoms with van der Waals surface area (Å²) >= 11 is 0. The van der Waals surface area contributed by atoms with Gasteiger partial charge in [0, 0.05) is 25.2 Å². The highest BCUT2D eigenvalue weighted by molar-refractivity contribution is 5.78. The highest BCUT2D eigenvalue weighted by Gasteiger charge is 2.41. The third-order valence-corrected chi connectivity index (χ3v) is 5.04. The van der Waals surface area contributed by atoms with Crippen molar-refractivity contribution in [2.75, 3.05) is 39.9 Å². The first-order chi connectivity index (χ1) is 9.66. The standard InChI is InChI=1S/C14H25N3O3/c1-16(10-8-20-9-10)11-3-2-4-12(14(11)19)17-6-5-15-13(18)7-17/h10-12,14,19H,2-9H2,1H3,(H,15,18)/t11-,12-,14-/m1/s1. The van der Waals surface area contributed by atoms with Crippen molar-refractivity contribution in [1.82, 2.24) is 15.1 Å². The van der Waals surface area contributed by atoms with Crippen LogP contribution in [0.2, 0.25) is 0 Å². The number of nitrogens with zero attached hydrogens (tertiary/aromatic N) is 2. The van der Waals surface area contributed by atoms with E-state index in [2.05, 4.69) is 22.2 Å². The van der Waals surface area contributed by atoms with E-state index in [-0.39, 0.29) is 24.1 Å². The third-order valence-electron chi connectivity index (χ3n) is 5.04. The van der Waals surface area contributed by atoms with Crippen molar-refractivity contribution >= 4 is 5.91 Å². The van der Waals surface area contributed by atoms with E-state index in [1.54, 1.807) is 0 Å². The Balaban J connectivity index is 1.64. The number of carbonyl (C=O) groups excluding carboxylic acids is 1. The van der Waals surface area contributed by atoms with Gasteiger partial charge in [0.15, 0.2) is 0 Å². The van der Waals surface area contributed by atoms with Gasteiger partial charge in [0.1, 0.15) is 0 Å². The van der Waals surface area contributed by atoms with Crippen molar-refractivity contribution in [3.05, 3.63) is 0 Å². The lowest BCUT2D eigenvalue weighted by Gasteiger charge is -2.48. The van der Waals surface area contributed by atoms with Gasteiger partial charge in [0.25, 0.3) is 0 Å². The second-order valence-electron chi connectivity index (χ2n) is 6.23. The van der Waals surface area contributed by atoms with Crippen LogP contribution in [0.25, 0.3) is 0 Å². The minimum Gasteiger partial charge on any atom is -0.390 e. The fourth-order valence-electron chi connectivity index (χ4n) is 3.65. The molecule has 0 aromatic carbocycles. The molecule has 0 radical (unpaired) electrons. The molecular formula is C14H25N3O3. The Labute approximate surface area is 120 Å². The molecule has 6 heteroatoms. The molecule has 2 aliphatic heterocycles. The second kappa shape index (κ2) is 5.97. The van der Waals surface area contributed by atoms with Crippen LogP contribution in [0, 0.1) is 0 Å². The van der Waals surface area contributed by atoms with Gasteiger partial charge in [-0.05, 0) is 19.9 Å². The number of hydrogen-bond donors (Lipinski definition) is 2. The van der Waals surface area contributed by atoms with Crippen LogP contribution in [0.3, 0.4) is 0 Å². The SMILES string of the molecule is CN(C1COC1)[C@@H]1CCC[C@@H](N2CCNC(=O)C2)[C@@H]1O. The third kappa shape index (κ3) is 2.70. The number of aliphatic hydroxyl groups is 1. The molecule has 2 N–H and O–H groups in total.